The molecule has 4 rings (SSSR count). The van der Waals surface area contributed by atoms with Crippen LogP contribution in [0.4, 0.5) is 11.4 Å². The topological polar surface area (TPSA) is 50.0 Å². The SMILES string of the molecule is CC1(C)c2ccccc2[N+](=C2N(O)C(C)(C)C(C)(C)N2O)c2ccccc21.CCC. The normalized spacial score (nSPS) is 20.3. The van der Waals surface area contributed by atoms with Gasteiger partial charge in [-0.25, -0.2) is 10.4 Å². The molecule has 0 aromatic heterocycles. The molecular formula is C25H36N3O2+. The van der Waals surface area contributed by atoms with Gasteiger partial charge < -0.3 is 0 Å². The second-order valence-electron chi connectivity index (χ2n) is 9.74. The monoisotopic (exact) mass is 410 g/mol. The van der Waals surface area contributed by atoms with E-state index in [-0.39, 0.29) is 5.41 Å². The van der Waals surface area contributed by atoms with Gasteiger partial charge in [-0.15, -0.1) is 10.1 Å². The Hall–Kier alpha value is -2.37. The van der Waals surface area contributed by atoms with E-state index in [9.17, 15) is 10.4 Å². The van der Waals surface area contributed by atoms with Crippen molar-refractivity contribution in [3.05, 3.63) is 59.7 Å². The van der Waals surface area contributed by atoms with Crippen molar-refractivity contribution < 1.29 is 10.4 Å². The predicted octanol–water partition coefficient (Wildman–Crippen LogP) is 5.89. The Bertz CT molecular complexity index is 902. The molecule has 2 aromatic rings. The lowest BCUT2D eigenvalue weighted by Crippen LogP contribution is -2.52. The maximum atomic E-state index is 11.1. The van der Waals surface area contributed by atoms with Crippen LogP contribution in [0.1, 0.15) is 72.9 Å². The van der Waals surface area contributed by atoms with Gasteiger partial charge >= 0.3 is 5.96 Å². The molecule has 30 heavy (non-hydrogen) atoms. The second-order valence-corrected chi connectivity index (χ2v) is 9.74. The Labute approximate surface area is 180 Å². The maximum Gasteiger partial charge on any atom is 0.418 e. The number of rotatable bonds is 0. The van der Waals surface area contributed by atoms with Gasteiger partial charge in [0.2, 0.25) is 0 Å². The van der Waals surface area contributed by atoms with Gasteiger partial charge in [0.1, 0.15) is 11.4 Å². The van der Waals surface area contributed by atoms with Crippen LogP contribution in [0.2, 0.25) is 0 Å². The van der Waals surface area contributed by atoms with E-state index in [1.165, 1.54) is 16.5 Å². The van der Waals surface area contributed by atoms with Crippen LogP contribution in [0.3, 0.4) is 0 Å². The fourth-order valence-corrected chi connectivity index (χ4v) is 4.18. The highest BCUT2D eigenvalue weighted by Crippen LogP contribution is 2.48. The Morgan fingerprint density at radius 2 is 1.03 bits per heavy atom. The molecule has 2 aliphatic heterocycles. The lowest BCUT2D eigenvalue weighted by atomic mass is 9.74. The molecule has 0 bridgehead atoms. The number of hydroxylamine groups is 4. The second kappa shape index (κ2) is 7.40. The summed E-state index contributed by atoms with van der Waals surface area (Å²) in [6.07, 6.45) is 1.25. The number of hydrogen-bond donors (Lipinski definition) is 2. The van der Waals surface area contributed by atoms with E-state index in [1.807, 2.05) is 68.7 Å². The molecular weight excluding hydrogens is 374 g/mol. The summed E-state index contributed by atoms with van der Waals surface area (Å²) >= 11 is 0. The lowest BCUT2D eigenvalue weighted by Gasteiger charge is -2.35. The number of hydrogen-bond acceptors (Lipinski definition) is 2. The van der Waals surface area contributed by atoms with E-state index in [1.54, 1.807) is 0 Å². The number of guanidine groups is 1. The highest BCUT2D eigenvalue weighted by atomic mass is 16.6. The summed E-state index contributed by atoms with van der Waals surface area (Å²) in [7, 11) is 0. The quantitative estimate of drug-likeness (QED) is 0.532. The number of nitrogens with zero attached hydrogens (tertiary/aromatic N) is 3. The largest absolute Gasteiger partial charge is 0.418 e. The minimum atomic E-state index is -0.687. The molecule has 0 amide bonds. The van der Waals surface area contributed by atoms with Crippen molar-refractivity contribution in [2.24, 2.45) is 0 Å². The Balaban J connectivity index is 0.000000806. The molecule has 1 saturated heterocycles. The molecule has 2 aliphatic rings. The molecule has 5 heteroatoms. The first-order valence-electron chi connectivity index (χ1n) is 10.8. The van der Waals surface area contributed by atoms with Crippen LogP contribution < -0.4 is 4.58 Å². The van der Waals surface area contributed by atoms with Gasteiger partial charge in [-0.1, -0.05) is 70.5 Å². The summed E-state index contributed by atoms with van der Waals surface area (Å²) in [4.78, 5) is 0. The van der Waals surface area contributed by atoms with E-state index in [2.05, 4.69) is 39.8 Å². The molecule has 0 unspecified atom stereocenters. The van der Waals surface area contributed by atoms with Crippen LogP contribution in [0, 0.1) is 0 Å². The van der Waals surface area contributed by atoms with E-state index in [4.69, 9.17) is 0 Å². The van der Waals surface area contributed by atoms with Crippen molar-refractivity contribution in [1.29, 1.82) is 0 Å². The van der Waals surface area contributed by atoms with Crippen LogP contribution in [0.25, 0.3) is 0 Å². The van der Waals surface area contributed by atoms with Gasteiger partial charge in [-0.2, -0.15) is 4.58 Å². The first kappa shape index (κ1) is 22.3. The van der Waals surface area contributed by atoms with Gasteiger partial charge in [0.05, 0.1) is 0 Å². The molecule has 0 atom stereocenters. The summed E-state index contributed by atoms with van der Waals surface area (Å²) in [6.45, 7) is 16.4. The fourth-order valence-electron chi connectivity index (χ4n) is 4.18. The van der Waals surface area contributed by atoms with Crippen molar-refractivity contribution in [2.45, 2.75) is 78.3 Å². The van der Waals surface area contributed by atoms with E-state index in [0.29, 0.717) is 5.96 Å². The Morgan fingerprint density at radius 3 is 1.40 bits per heavy atom. The molecule has 0 spiro atoms. The Morgan fingerprint density at radius 1 is 0.700 bits per heavy atom. The highest BCUT2D eigenvalue weighted by molar-refractivity contribution is 5.91. The smallest absolute Gasteiger partial charge is 0.232 e. The van der Waals surface area contributed by atoms with Gasteiger partial charge in [0, 0.05) is 16.5 Å². The van der Waals surface area contributed by atoms with Crippen molar-refractivity contribution >= 4 is 17.3 Å². The minimum absolute atomic E-state index is 0.186. The van der Waals surface area contributed by atoms with Crippen LogP contribution in [-0.4, -0.2) is 37.6 Å². The van der Waals surface area contributed by atoms with Crippen LogP contribution in [-0.2, 0) is 5.41 Å². The molecule has 2 N–H and O–H groups in total. The van der Waals surface area contributed by atoms with Crippen molar-refractivity contribution in [1.82, 2.24) is 14.7 Å². The third-order valence-corrected chi connectivity index (χ3v) is 6.77. The number of para-hydroxylation sites is 2. The van der Waals surface area contributed by atoms with Crippen molar-refractivity contribution in [2.75, 3.05) is 0 Å². The third kappa shape index (κ3) is 2.95. The third-order valence-electron chi connectivity index (χ3n) is 6.77. The van der Waals surface area contributed by atoms with Gasteiger partial charge in [-0.05, 0) is 39.8 Å². The van der Waals surface area contributed by atoms with Crippen LogP contribution in [0.5, 0.6) is 0 Å². The zero-order valence-electron chi connectivity index (χ0n) is 19.6. The summed E-state index contributed by atoms with van der Waals surface area (Å²) in [5.41, 5.74) is 2.67. The number of benzene rings is 2. The van der Waals surface area contributed by atoms with E-state index < -0.39 is 11.1 Å². The average Bonchev–Trinajstić information content (AvgIpc) is 2.81. The molecule has 0 radical (unpaired) electrons. The maximum absolute atomic E-state index is 11.1. The zero-order chi connectivity index (χ0) is 22.5. The molecule has 2 aromatic carbocycles. The molecule has 1 fully saturated rings. The van der Waals surface area contributed by atoms with E-state index in [0.717, 1.165) is 22.5 Å². The standard InChI is InChI=1S/C22H28N3O2.C3H8/c1-20(2)15-11-7-9-13-17(15)23(18-14-10-8-12-16(18)20)19-24(26)21(3,4)22(5,6)25(19)27;1-3-2/h7-14,26-27H,1-6H3;3H2,1-2H3/q+1;. The van der Waals surface area contributed by atoms with Crippen molar-refractivity contribution in [3.63, 3.8) is 0 Å². The summed E-state index contributed by atoms with van der Waals surface area (Å²) in [5.74, 6) is 0.348. The minimum Gasteiger partial charge on any atom is -0.232 e. The molecule has 0 aliphatic carbocycles. The lowest BCUT2D eigenvalue weighted by molar-refractivity contribution is -0.125. The first-order chi connectivity index (χ1) is 13.9. The molecule has 0 saturated carbocycles. The first-order valence-corrected chi connectivity index (χ1v) is 10.8. The summed E-state index contributed by atoms with van der Waals surface area (Å²) in [6, 6.07) is 16.4. The van der Waals surface area contributed by atoms with E-state index >= 15 is 0 Å². The highest BCUT2D eigenvalue weighted by Gasteiger charge is 2.65. The van der Waals surface area contributed by atoms with Crippen molar-refractivity contribution in [3.8, 4) is 0 Å². The predicted molar refractivity (Wildman–Crippen MR) is 123 cm³/mol. The van der Waals surface area contributed by atoms with Gasteiger partial charge in [0.25, 0.3) is 0 Å². The average molecular weight is 411 g/mol. The molecule has 5 nitrogen and oxygen atoms in total. The fraction of sp³-hybridized carbons (Fsp3) is 0.480. The van der Waals surface area contributed by atoms with Crippen LogP contribution >= 0.6 is 0 Å². The summed E-state index contributed by atoms with van der Waals surface area (Å²) < 4.78 is 1.96. The zero-order valence-corrected chi connectivity index (χ0v) is 19.6. The Kier molecular flexibility index (Phi) is 5.50. The van der Waals surface area contributed by atoms with Crippen LogP contribution in [0.15, 0.2) is 48.5 Å². The number of fused-ring (bicyclic) bond motifs is 2. The molecule has 162 valence electrons. The van der Waals surface area contributed by atoms with Gasteiger partial charge in [-0.3, -0.25) is 0 Å². The van der Waals surface area contributed by atoms with Gasteiger partial charge in [0.15, 0.2) is 11.1 Å². The summed E-state index contributed by atoms with van der Waals surface area (Å²) in [5, 5.41) is 24.6. The molecule has 2 heterocycles.